The van der Waals surface area contributed by atoms with Gasteiger partial charge in [0, 0.05) is 0 Å². The molecule has 4 N–H and O–H groups in total. The molecule has 0 atom stereocenters. The number of nitrogens with one attached hydrogen (secondary N) is 2. The van der Waals surface area contributed by atoms with Crippen molar-refractivity contribution >= 4 is 11.8 Å². The summed E-state index contributed by atoms with van der Waals surface area (Å²) in [5.74, 6) is -0.0246. The minimum atomic E-state index is -1.22. The Morgan fingerprint density at radius 3 is 2.39 bits per heavy atom. The molecule has 5 heteroatoms. The van der Waals surface area contributed by atoms with Gasteiger partial charge in [-0.15, -0.1) is 0 Å². The number of phenolic OH excluding ortho intramolecular Hbond substituents is 1. The molecule has 92 valence electrons. The topological polar surface area (TPSA) is 81.6 Å². The van der Waals surface area contributed by atoms with Crippen molar-refractivity contribution in [2.45, 2.75) is 0 Å². The second-order valence-electron chi connectivity index (χ2n) is 3.65. The van der Waals surface area contributed by atoms with Gasteiger partial charge >= 0.3 is 6.09 Å². The molecule has 0 aliphatic heterocycles. The average molecular weight is 244 g/mol. The first-order valence-electron chi connectivity index (χ1n) is 5.30. The molecule has 2 aromatic carbocycles. The van der Waals surface area contributed by atoms with E-state index in [4.69, 9.17) is 5.11 Å². The van der Waals surface area contributed by atoms with Crippen LogP contribution in [0.3, 0.4) is 0 Å². The van der Waals surface area contributed by atoms with Gasteiger partial charge < -0.3 is 10.2 Å². The van der Waals surface area contributed by atoms with Crippen molar-refractivity contribution in [3.8, 4) is 16.9 Å². The predicted octanol–water partition coefficient (Wildman–Crippen LogP) is 2.65. The van der Waals surface area contributed by atoms with Gasteiger partial charge in [0.1, 0.15) is 5.75 Å². The quantitative estimate of drug-likeness (QED) is 0.494. The molecule has 0 aliphatic rings. The van der Waals surface area contributed by atoms with Crippen LogP contribution in [0.15, 0.2) is 48.5 Å². The lowest BCUT2D eigenvalue weighted by molar-refractivity contribution is 0.197. The molecule has 2 rings (SSSR count). The van der Waals surface area contributed by atoms with Gasteiger partial charge in [-0.25, -0.2) is 10.2 Å². The monoisotopic (exact) mass is 244 g/mol. The van der Waals surface area contributed by atoms with Crippen LogP contribution in [-0.4, -0.2) is 16.3 Å². The van der Waals surface area contributed by atoms with Gasteiger partial charge in [0.15, 0.2) is 0 Å². The lowest BCUT2D eigenvalue weighted by Gasteiger charge is -2.10. The van der Waals surface area contributed by atoms with E-state index in [0.29, 0.717) is 5.69 Å². The van der Waals surface area contributed by atoms with Gasteiger partial charge in [-0.05, 0) is 23.3 Å². The third kappa shape index (κ3) is 2.70. The molecule has 0 saturated heterocycles. The molecule has 0 saturated carbocycles. The molecule has 0 heterocycles. The van der Waals surface area contributed by atoms with Crippen LogP contribution in [0, 0.1) is 0 Å². The number of amides is 1. The Bertz CT molecular complexity index is 555. The molecule has 0 radical (unpaired) electrons. The first kappa shape index (κ1) is 11.8. The van der Waals surface area contributed by atoms with Gasteiger partial charge in [-0.1, -0.05) is 36.4 Å². The van der Waals surface area contributed by atoms with E-state index in [2.05, 4.69) is 5.43 Å². The molecule has 0 spiro atoms. The van der Waals surface area contributed by atoms with Crippen LogP contribution in [0.25, 0.3) is 11.1 Å². The highest BCUT2D eigenvalue weighted by atomic mass is 16.4. The highest BCUT2D eigenvalue weighted by Crippen LogP contribution is 2.29. The lowest BCUT2D eigenvalue weighted by atomic mass is 10.1. The van der Waals surface area contributed by atoms with Gasteiger partial charge in [0.25, 0.3) is 0 Å². The lowest BCUT2D eigenvalue weighted by Crippen LogP contribution is -2.27. The zero-order valence-electron chi connectivity index (χ0n) is 9.42. The summed E-state index contributed by atoms with van der Waals surface area (Å²) < 4.78 is 0. The smallest absolute Gasteiger partial charge is 0.423 e. The van der Waals surface area contributed by atoms with Crippen molar-refractivity contribution in [1.29, 1.82) is 0 Å². The summed E-state index contributed by atoms with van der Waals surface area (Å²) in [6.45, 7) is 0. The Morgan fingerprint density at radius 1 is 1.00 bits per heavy atom. The summed E-state index contributed by atoms with van der Waals surface area (Å²) >= 11 is 0. The minimum Gasteiger partial charge on any atom is -0.506 e. The van der Waals surface area contributed by atoms with E-state index in [9.17, 15) is 9.90 Å². The number of rotatable bonds is 3. The normalized spacial score (nSPS) is 9.78. The van der Waals surface area contributed by atoms with Gasteiger partial charge in [0.05, 0.1) is 5.69 Å². The number of hydrogen-bond acceptors (Lipinski definition) is 3. The molecule has 0 fully saturated rings. The number of carboxylic acid groups (broad SMARTS) is 1. The Labute approximate surface area is 104 Å². The zero-order valence-corrected chi connectivity index (χ0v) is 9.42. The fraction of sp³-hybridized carbons (Fsp3) is 0. The Balaban J connectivity index is 2.29. The summed E-state index contributed by atoms with van der Waals surface area (Å²) in [5, 5.41) is 18.1. The maximum atomic E-state index is 10.4. The first-order chi connectivity index (χ1) is 8.66. The van der Waals surface area contributed by atoms with Crippen molar-refractivity contribution in [3.05, 3.63) is 48.5 Å². The standard InChI is InChI=1S/C13H12N2O3/c16-12-7-6-10(9-4-2-1-3-5-9)8-11(12)14-15-13(17)18/h1-8,14-16H,(H,17,18). The SMILES string of the molecule is O=C(O)NNc1cc(-c2ccccc2)ccc1O. The summed E-state index contributed by atoms with van der Waals surface area (Å²) in [6, 6.07) is 14.5. The van der Waals surface area contributed by atoms with Crippen molar-refractivity contribution in [2.24, 2.45) is 0 Å². The van der Waals surface area contributed by atoms with E-state index in [-0.39, 0.29) is 5.75 Å². The Hall–Kier alpha value is -2.69. The summed E-state index contributed by atoms with van der Waals surface area (Å²) in [6.07, 6.45) is -1.22. The number of hydrogen-bond donors (Lipinski definition) is 4. The van der Waals surface area contributed by atoms with Crippen LogP contribution in [0.4, 0.5) is 10.5 Å². The first-order valence-corrected chi connectivity index (χ1v) is 5.30. The van der Waals surface area contributed by atoms with Crippen molar-refractivity contribution in [2.75, 3.05) is 5.43 Å². The molecule has 0 aliphatic carbocycles. The number of aromatic hydroxyl groups is 1. The van der Waals surface area contributed by atoms with E-state index >= 15 is 0 Å². The van der Waals surface area contributed by atoms with Crippen LogP contribution in [0.1, 0.15) is 0 Å². The van der Waals surface area contributed by atoms with Gasteiger partial charge in [0.2, 0.25) is 0 Å². The molecule has 0 unspecified atom stereocenters. The Morgan fingerprint density at radius 2 is 1.72 bits per heavy atom. The molecule has 18 heavy (non-hydrogen) atoms. The molecule has 2 aromatic rings. The number of benzene rings is 2. The van der Waals surface area contributed by atoms with Crippen LogP contribution in [0.2, 0.25) is 0 Å². The number of hydrazine groups is 1. The summed E-state index contributed by atoms with van der Waals surface area (Å²) in [5.41, 5.74) is 6.58. The maximum absolute atomic E-state index is 10.4. The highest BCUT2D eigenvalue weighted by molar-refractivity contribution is 5.73. The van der Waals surface area contributed by atoms with E-state index in [1.807, 2.05) is 35.8 Å². The van der Waals surface area contributed by atoms with E-state index < -0.39 is 6.09 Å². The Kier molecular flexibility index (Phi) is 3.33. The van der Waals surface area contributed by atoms with Gasteiger partial charge in [-0.2, -0.15) is 0 Å². The van der Waals surface area contributed by atoms with Crippen molar-refractivity contribution in [3.63, 3.8) is 0 Å². The van der Waals surface area contributed by atoms with Crippen LogP contribution in [0.5, 0.6) is 5.75 Å². The molecule has 0 aromatic heterocycles. The van der Waals surface area contributed by atoms with Crippen molar-refractivity contribution < 1.29 is 15.0 Å². The van der Waals surface area contributed by atoms with Crippen LogP contribution < -0.4 is 10.9 Å². The fourth-order valence-corrected chi connectivity index (χ4v) is 1.57. The highest BCUT2D eigenvalue weighted by Gasteiger charge is 2.05. The molecule has 1 amide bonds. The average Bonchev–Trinajstić information content (AvgIpc) is 2.38. The molecular weight excluding hydrogens is 232 g/mol. The number of carbonyl (C=O) groups is 1. The number of phenols is 1. The second kappa shape index (κ2) is 5.09. The second-order valence-corrected chi connectivity index (χ2v) is 3.65. The third-order valence-electron chi connectivity index (χ3n) is 2.41. The van der Waals surface area contributed by atoms with E-state index in [1.165, 1.54) is 6.07 Å². The van der Waals surface area contributed by atoms with Crippen molar-refractivity contribution in [1.82, 2.24) is 5.43 Å². The predicted molar refractivity (Wildman–Crippen MR) is 68.3 cm³/mol. The number of anilines is 1. The zero-order chi connectivity index (χ0) is 13.0. The van der Waals surface area contributed by atoms with Crippen LogP contribution in [-0.2, 0) is 0 Å². The maximum Gasteiger partial charge on any atom is 0.423 e. The van der Waals surface area contributed by atoms with Gasteiger partial charge in [-0.3, -0.25) is 5.43 Å². The minimum absolute atomic E-state index is 0.0246. The van der Waals surface area contributed by atoms with Crippen LogP contribution >= 0.6 is 0 Å². The summed E-state index contributed by atoms with van der Waals surface area (Å²) in [4.78, 5) is 10.4. The third-order valence-corrected chi connectivity index (χ3v) is 2.41. The largest absolute Gasteiger partial charge is 0.506 e. The fourth-order valence-electron chi connectivity index (χ4n) is 1.57. The molecule has 0 bridgehead atoms. The molecule has 5 nitrogen and oxygen atoms in total. The summed E-state index contributed by atoms with van der Waals surface area (Å²) in [7, 11) is 0. The molecular formula is C13H12N2O3. The van der Waals surface area contributed by atoms with E-state index in [1.54, 1.807) is 12.1 Å². The van der Waals surface area contributed by atoms with E-state index in [0.717, 1.165) is 11.1 Å².